The molecule has 28 heavy (non-hydrogen) atoms. The van der Waals surface area contributed by atoms with E-state index in [1.807, 2.05) is 13.8 Å². The molecule has 0 bridgehead atoms. The Morgan fingerprint density at radius 2 is 0.821 bits per heavy atom. The molecule has 0 heteroatoms. The smallest absolute Gasteiger partial charge is 0.00928 e. The summed E-state index contributed by atoms with van der Waals surface area (Å²) in [7, 11) is 0. The van der Waals surface area contributed by atoms with Crippen LogP contribution in [0.5, 0.6) is 0 Å². The minimum atomic E-state index is 0. The maximum absolute atomic E-state index is 2.34. The Hall–Kier alpha value is -3.12. The molecule has 0 aliphatic heterocycles. The Kier molecular flexibility index (Phi) is 5.80. The van der Waals surface area contributed by atoms with Crippen LogP contribution in [-0.2, 0) is 0 Å². The second kappa shape index (κ2) is 8.27. The van der Waals surface area contributed by atoms with Crippen LogP contribution in [0.3, 0.4) is 0 Å². The molecule has 0 N–H and O–H groups in total. The predicted molar refractivity (Wildman–Crippen MR) is 127 cm³/mol. The molecule has 0 unspecified atom stereocenters. The molecule has 140 valence electrons. The Labute approximate surface area is 168 Å². The van der Waals surface area contributed by atoms with Crippen molar-refractivity contribution in [3.63, 3.8) is 0 Å². The molecule has 0 heterocycles. The molecule has 0 aliphatic carbocycles. The second-order valence-corrected chi connectivity index (χ2v) is 6.72. The first-order valence-corrected chi connectivity index (χ1v) is 9.71. The molecule has 0 saturated carbocycles. The van der Waals surface area contributed by atoms with Crippen LogP contribution in [0, 0.1) is 6.92 Å². The van der Waals surface area contributed by atoms with Crippen molar-refractivity contribution in [2.24, 2.45) is 0 Å². The Bertz CT molecular complexity index is 1190. The first-order valence-electron chi connectivity index (χ1n) is 9.71. The van der Waals surface area contributed by atoms with Crippen molar-refractivity contribution < 1.29 is 0 Å². The monoisotopic (exact) mass is 364 g/mol. The van der Waals surface area contributed by atoms with Gasteiger partial charge in [-0.1, -0.05) is 112 Å². The maximum atomic E-state index is 2.34. The van der Waals surface area contributed by atoms with Gasteiger partial charge in [-0.2, -0.15) is 0 Å². The highest BCUT2D eigenvalue weighted by Crippen LogP contribution is 2.36. The Morgan fingerprint density at radius 3 is 1.32 bits per heavy atom. The highest BCUT2D eigenvalue weighted by molar-refractivity contribution is 6.25. The standard InChI is InChI=1S/C25H18.C2H6.CH4/c1-17-10-12-18(13-11-17)19-14-15-24-22-8-3-2-6-20(22)21-7-4-5-9-23(21)25(24)16-19;1-2;/h2-16H,1H3;1-2H3;1H4. The number of fused-ring (bicyclic) bond motifs is 6. The van der Waals surface area contributed by atoms with Crippen LogP contribution >= 0.6 is 0 Å². The van der Waals surface area contributed by atoms with E-state index in [0.29, 0.717) is 0 Å². The minimum Gasteiger partial charge on any atom is -0.0776 e. The molecule has 0 aromatic heterocycles. The molecule has 0 amide bonds. The van der Waals surface area contributed by atoms with Gasteiger partial charge in [0.15, 0.2) is 0 Å². The molecule has 5 aromatic carbocycles. The van der Waals surface area contributed by atoms with Crippen molar-refractivity contribution in [1.29, 1.82) is 0 Å². The van der Waals surface area contributed by atoms with Crippen LogP contribution in [0.15, 0.2) is 91.0 Å². The summed E-state index contributed by atoms with van der Waals surface area (Å²) in [5, 5.41) is 7.95. The molecule has 0 saturated heterocycles. The number of rotatable bonds is 1. The van der Waals surface area contributed by atoms with E-state index in [1.54, 1.807) is 0 Å². The van der Waals surface area contributed by atoms with Gasteiger partial charge in [-0.25, -0.2) is 0 Å². The zero-order valence-corrected chi connectivity index (χ0v) is 16.2. The summed E-state index contributed by atoms with van der Waals surface area (Å²) in [4.78, 5) is 0. The third kappa shape index (κ3) is 3.27. The zero-order chi connectivity index (χ0) is 18.8. The lowest BCUT2D eigenvalue weighted by Crippen LogP contribution is -1.85. The predicted octanol–water partition coefficient (Wildman–Crippen LogP) is 8.78. The summed E-state index contributed by atoms with van der Waals surface area (Å²) >= 11 is 0. The van der Waals surface area contributed by atoms with E-state index in [9.17, 15) is 0 Å². The van der Waals surface area contributed by atoms with E-state index in [0.717, 1.165) is 0 Å². The van der Waals surface area contributed by atoms with E-state index in [2.05, 4.69) is 97.9 Å². The maximum Gasteiger partial charge on any atom is -0.00928 e. The highest BCUT2D eigenvalue weighted by atomic mass is 14.1. The van der Waals surface area contributed by atoms with Crippen molar-refractivity contribution in [3.8, 4) is 11.1 Å². The Morgan fingerprint density at radius 1 is 0.429 bits per heavy atom. The minimum absolute atomic E-state index is 0. The first kappa shape index (κ1) is 19.6. The largest absolute Gasteiger partial charge is 0.0776 e. The number of benzene rings is 5. The summed E-state index contributed by atoms with van der Waals surface area (Å²) in [6, 6.07) is 33.1. The molecule has 0 aliphatic rings. The average molecular weight is 365 g/mol. The molecular formula is C28H28. The van der Waals surface area contributed by atoms with E-state index in [4.69, 9.17) is 0 Å². The van der Waals surface area contributed by atoms with Crippen molar-refractivity contribution in [2.75, 3.05) is 0 Å². The van der Waals surface area contributed by atoms with Crippen molar-refractivity contribution in [2.45, 2.75) is 28.2 Å². The van der Waals surface area contributed by atoms with Gasteiger partial charge in [-0.3, -0.25) is 0 Å². The SMILES string of the molecule is C.CC.Cc1ccc(-c2ccc3c4ccccc4c4ccccc4c3c2)cc1. The van der Waals surface area contributed by atoms with Gasteiger partial charge in [0.25, 0.3) is 0 Å². The molecule has 0 atom stereocenters. The first-order chi connectivity index (χ1) is 13.3. The van der Waals surface area contributed by atoms with Crippen molar-refractivity contribution in [3.05, 3.63) is 96.6 Å². The number of aryl methyl sites for hydroxylation is 1. The van der Waals surface area contributed by atoms with E-state index in [1.165, 1.54) is 49.0 Å². The summed E-state index contributed by atoms with van der Waals surface area (Å²) in [6.07, 6.45) is 0. The van der Waals surface area contributed by atoms with Crippen LogP contribution in [0.1, 0.15) is 26.8 Å². The normalized spacial score (nSPS) is 10.4. The van der Waals surface area contributed by atoms with Crippen molar-refractivity contribution >= 4 is 32.3 Å². The average Bonchev–Trinajstić information content (AvgIpc) is 2.75. The lowest BCUT2D eigenvalue weighted by Gasteiger charge is -2.12. The van der Waals surface area contributed by atoms with Gasteiger partial charge in [0.2, 0.25) is 0 Å². The lowest BCUT2D eigenvalue weighted by atomic mass is 9.92. The summed E-state index contributed by atoms with van der Waals surface area (Å²) < 4.78 is 0. The third-order valence-electron chi connectivity index (χ3n) is 5.13. The summed E-state index contributed by atoms with van der Waals surface area (Å²) in [5.74, 6) is 0. The zero-order valence-electron chi connectivity index (χ0n) is 16.2. The van der Waals surface area contributed by atoms with Gasteiger partial charge in [-0.05, 0) is 56.4 Å². The van der Waals surface area contributed by atoms with Crippen LogP contribution < -0.4 is 0 Å². The molecule has 0 nitrogen and oxygen atoms in total. The number of hydrogen-bond donors (Lipinski definition) is 0. The van der Waals surface area contributed by atoms with Crippen LogP contribution in [0.4, 0.5) is 0 Å². The quantitative estimate of drug-likeness (QED) is 0.261. The van der Waals surface area contributed by atoms with Gasteiger partial charge in [0.05, 0.1) is 0 Å². The van der Waals surface area contributed by atoms with Crippen LogP contribution in [0.2, 0.25) is 0 Å². The van der Waals surface area contributed by atoms with E-state index >= 15 is 0 Å². The van der Waals surface area contributed by atoms with Gasteiger partial charge < -0.3 is 0 Å². The van der Waals surface area contributed by atoms with Crippen LogP contribution in [0.25, 0.3) is 43.4 Å². The molecule has 5 aromatic rings. The van der Waals surface area contributed by atoms with Crippen LogP contribution in [-0.4, -0.2) is 0 Å². The van der Waals surface area contributed by atoms with Gasteiger partial charge >= 0.3 is 0 Å². The van der Waals surface area contributed by atoms with Crippen molar-refractivity contribution in [1.82, 2.24) is 0 Å². The van der Waals surface area contributed by atoms with Gasteiger partial charge in [0, 0.05) is 0 Å². The van der Waals surface area contributed by atoms with Gasteiger partial charge in [-0.15, -0.1) is 0 Å². The third-order valence-corrected chi connectivity index (χ3v) is 5.13. The fourth-order valence-corrected chi connectivity index (χ4v) is 3.83. The molecule has 0 radical (unpaired) electrons. The topological polar surface area (TPSA) is 0 Å². The summed E-state index contributed by atoms with van der Waals surface area (Å²) in [5.41, 5.74) is 3.83. The Balaban J connectivity index is 0.000000728. The summed E-state index contributed by atoms with van der Waals surface area (Å²) in [6.45, 7) is 6.13. The fourth-order valence-electron chi connectivity index (χ4n) is 3.83. The van der Waals surface area contributed by atoms with E-state index < -0.39 is 0 Å². The molecular weight excluding hydrogens is 336 g/mol. The molecule has 0 fully saturated rings. The lowest BCUT2D eigenvalue weighted by molar-refractivity contribution is 1.47. The molecule has 5 rings (SSSR count). The fraction of sp³-hybridized carbons (Fsp3) is 0.143. The highest BCUT2D eigenvalue weighted by Gasteiger charge is 2.09. The number of hydrogen-bond acceptors (Lipinski definition) is 0. The molecule has 0 spiro atoms. The van der Waals surface area contributed by atoms with Gasteiger partial charge in [0.1, 0.15) is 0 Å². The second-order valence-electron chi connectivity index (χ2n) is 6.72. The van der Waals surface area contributed by atoms with E-state index in [-0.39, 0.29) is 7.43 Å².